The average Bonchev–Trinajstić information content (AvgIpc) is 2.30. The number of benzene rings is 3. The van der Waals surface area contributed by atoms with Crippen molar-refractivity contribution >= 4 is 57.1 Å². The third-order valence-electron chi connectivity index (χ3n) is 18.9. The molecular formula is C64H76F2N10O8. The van der Waals surface area contributed by atoms with E-state index in [0.717, 1.165) is 96.4 Å². The number of nitrogens with zero attached hydrogens (tertiary/aromatic N) is 9. The molecule has 0 radical (unpaired) electrons. The molecule has 2 atom stereocenters. The van der Waals surface area contributed by atoms with Crippen molar-refractivity contribution in [2.75, 3.05) is 102 Å². The van der Waals surface area contributed by atoms with E-state index < -0.39 is 23.3 Å². The standard InChI is InChI=1S/C64H76F2N10O8/c1-7-47-50(65)13-10-42-30-46(83-39-81-6)32-48(53(42)47)55-54(66)56-49(33-67-55)57(74-35-44-11-12-45(36-74)76(44)61(80)84-62(3,4)5)70-59(69-56)82-38-64(19-20-64)37-72-28-26-71(27-29-72)34-41-14-17-63(18-15-41)21-24-73(25-22-63)58(78)43-9-8-40(2)51(31-43)75-23-16-52(77)68-60(75)79/h1,8-10,13,30-33,41,44-45H,11-12,14-29,34-39H2,2-6H3,(H,68,77,79). The van der Waals surface area contributed by atoms with Crippen molar-refractivity contribution in [1.29, 1.82) is 0 Å². The van der Waals surface area contributed by atoms with E-state index in [1.54, 1.807) is 35.4 Å². The number of aryl methyl sites for hydroxylation is 1. The van der Waals surface area contributed by atoms with Gasteiger partial charge in [-0.2, -0.15) is 9.97 Å². The molecule has 2 aromatic heterocycles. The smallest absolute Gasteiger partial charge is 0.410 e. The Bertz CT molecular complexity index is 3410. The Hall–Kier alpha value is -7.21. The number of amides is 5. The van der Waals surface area contributed by atoms with Crippen molar-refractivity contribution < 1.29 is 46.9 Å². The van der Waals surface area contributed by atoms with Crippen LogP contribution in [-0.4, -0.2) is 169 Å². The highest BCUT2D eigenvalue weighted by Crippen LogP contribution is 2.49. The van der Waals surface area contributed by atoms with Crippen molar-refractivity contribution in [3.05, 3.63) is 77.0 Å². The molecule has 84 heavy (non-hydrogen) atoms. The van der Waals surface area contributed by atoms with Crippen LogP contribution in [0.1, 0.15) is 113 Å². The zero-order chi connectivity index (χ0) is 58.7. The number of ether oxygens (including phenoxy) is 4. The maximum Gasteiger partial charge on any atom is 0.410 e. The molecule has 2 saturated carbocycles. The fourth-order valence-corrected chi connectivity index (χ4v) is 14.0. The number of rotatable bonds is 14. The van der Waals surface area contributed by atoms with Crippen LogP contribution >= 0.6 is 0 Å². The fourth-order valence-electron chi connectivity index (χ4n) is 14.0. The van der Waals surface area contributed by atoms with Gasteiger partial charge >= 0.3 is 18.1 Å². The molecule has 20 heteroatoms. The molecule has 5 amide bonds. The first-order chi connectivity index (χ1) is 40.4. The van der Waals surface area contributed by atoms with Crippen LogP contribution in [0.3, 0.4) is 0 Å². The Morgan fingerprint density at radius 2 is 1.58 bits per heavy atom. The van der Waals surface area contributed by atoms with E-state index in [0.29, 0.717) is 71.1 Å². The molecule has 2 bridgehead atoms. The molecule has 1 spiro atoms. The molecule has 2 unspecified atom stereocenters. The first kappa shape index (κ1) is 57.2. The summed E-state index contributed by atoms with van der Waals surface area (Å²) in [5.41, 5.74) is 1.72. The molecule has 18 nitrogen and oxygen atoms in total. The van der Waals surface area contributed by atoms with Crippen molar-refractivity contribution in [2.45, 2.75) is 116 Å². The highest BCUT2D eigenvalue weighted by atomic mass is 19.1. The van der Waals surface area contributed by atoms with Crippen LogP contribution in [0.5, 0.6) is 11.8 Å². The van der Waals surface area contributed by atoms with Crippen molar-refractivity contribution in [2.24, 2.45) is 16.7 Å². The largest absolute Gasteiger partial charge is 0.468 e. The van der Waals surface area contributed by atoms with Gasteiger partial charge in [0.25, 0.3) is 5.91 Å². The summed E-state index contributed by atoms with van der Waals surface area (Å²) in [5.74, 6) is 2.25. The Balaban J connectivity index is 0.692. The molecular weight excluding hydrogens is 1070 g/mol. The van der Waals surface area contributed by atoms with Gasteiger partial charge in [-0.1, -0.05) is 18.1 Å². The van der Waals surface area contributed by atoms with Crippen molar-refractivity contribution in [3.8, 4) is 35.4 Å². The molecule has 5 aromatic rings. The third kappa shape index (κ3) is 11.7. The van der Waals surface area contributed by atoms with Crippen LogP contribution < -0.4 is 24.6 Å². The number of pyridine rings is 1. The van der Waals surface area contributed by atoms with Gasteiger partial charge in [0.1, 0.15) is 34.2 Å². The number of anilines is 2. The van der Waals surface area contributed by atoms with E-state index in [9.17, 15) is 19.2 Å². The summed E-state index contributed by atoms with van der Waals surface area (Å²) >= 11 is 0. The van der Waals surface area contributed by atoms with Crippen LogP contribution in [0.25, 0.3) is 32.9 Å². The number of fused-ring (bicyclic) bond motifs is 4. The molecule has 7 aliphatic rings. The fraction of sp³-hybridized carbons (Fsp3) is 0.547. The predicted molar refractivity (Wildman–Crippen MR) is 314 cm³/mol. The number of halogens is 2. The second-order valence-corrected chi connectivity index (χ2v) is 25.7. The lowest BCUT2D eigenvalue weighted by Crippen LogP contribution is -2.57. The predicted octanol–water partition coefficient (Wildman–Crippen LogP) is 9.32. The van der Waals surface area contributed by atoms with Crippen LogP contribution in [0.4, 0.5) is 29.9 Å². The molecule has 1 N–H and O–H groups in total. The normalized spacial score (nSPS) is 21.9. The minimum atomic E-state index is -0.752. The summed E-state index contributed by atoms with van der Waals surface area (Å²) in [7, 11) is 1.49. The van der Waals surface area contributed by atoms with Gasteiger partial charge in [-0.3, -0.25) is 29.7 Å². The highest BCUT2D eigenvalue weighted by Gasteiger charge is 2.48. The van der Waals surface area contributed by atoms with Crippen LogP contribution in [-0.2, 0) is 14.3 Å². The topological polar surface area (TPSA) is 175 Å². The van der Waals surface area contributed by atoms with Crippen LogP contribution in [0.2, 0.25) is 0 Å². The number of piperazine rings is 2. The van der Waals surface area contributed by atoms with E-state index in [4.69, 9.17) is 40.3 Å². The summed E-state index contributed by atoms with van der Waals surface area (Å²) < 4.78 is 56.6. The van der Waals surface area contributed by atoms with E-state index in [1.807, 2.05) is 49.6 Å². The minimum Gasteiger partial charge on any atom is -0.468 e. The summed E-state index contributed by atoms with van der Waals surface area (Å²) in [6, 6.07) is 10.9. The SMILES string of the molecule is C#Cc1c(F)ccc2cc(OCOC)cc(-c3ncc4c(N5CC6CCC(C5)N6C(=O)OC(C)(C)C)nc(OCC5(CN6CCN(CC7CCC8(CC7)CCN(C(=O)c7ccc(C)c(N9CCC(=O)NC9=O)c7)CC8)CC6)CC5)nc4c3F)c12. The zero-order valence-corrected chi connectivity index (χ0v) is 48.9. The van der Waals surface area contributed by atoms with Crippen molar-refractivity contribution in [1.82, 2.24) is 39.9 Å². The molecule has 2 aliphatic carbocycles. The molecule has 3 aromatic carbocycles. The van der Waals surface area contributed by atoms with Gasteiger partial charge in [0.05, 0.1) is 29.6 Å². The van der Waals surface area contributed by atoms with Gasteiger partial charge in [0, 0.05) is 119 Å². The second-order valence-electron chi connectivity index (χ2n) is 25.7. The lowest BCUT2D eigenvalue weighted by atomic mass is 9.65. The lowest BCUT2D eigenvalue weighted by Gasteiger charge is -2.47. The second kappa shape index (κ2) is 23.0. The number of piperidine rings is 1. The number of carbonyl (C=O) groups excluding carboxylic acids is 4. The molecule has 5 saturated heterocycles. The number of hydrogen-bond acceptors (Lipinski definition) is 14. The van der Waals surface area contributed by atoms with Gasteiger partial charge in [-0.05, 0) is 145 Å². The quantitative estimate of drug-likeness (QED) is 0.0823. The maximum atomic E-state index is 17.7. The monoisotopic (exact) mass is 1150 g/mol. The first-order valence-corrected chi connectivity index (χ1v) is 29.9. The Morgan fingerprint density at radius 1 is 0.857 bits per heavy atom. The van der Waals surface area contributed by atoms with E-state index >= 15 is 8.78 Å². The van der Waals surface area contributed by atoms with E-state index in [-0.39, 0.29) is 82.4 Å². The third-order valence-corrected chi connectivity index (χ3v) is 18.9. The number of terminal acetylenes is 1. The highest BCUT2D eigenvalue weighted by molar-refractivity contribution is 6.07. The number of hydrogen-bond donors (Lipinski definition) is 1. The summed E-state index contributed by atoms with van der Waals surface area (Å²) in [4.78, 5) is 78.9. The number of carbonyl (C=O) groups is 4. The first-order valence-electron chi connectivity index (χ1n) is 29.9. The summed E-state index contributed by atoms with van der Waals surface area (Å²) in [5, 5.41) is 3.60. The van der Waals surface area contributed by atoms with Crippen LogP contribution in [0.15, 0.2) is 48.7 Å². The molecule has 7 heterocycles. The summed E-state index contributed by atoms with van der Waals surface area (Å²) in [6.07, 6.45) is 17.6. The Labute approximate surface area is 489 Å². The summed E-state index contributed by atoms with van der Waals surface area (Å²) in [6.45, 7) is 16.3. The number of methoxy groups -OCH3 is 1. The van der Waals surface area contributed by atoms with E-state index in [1.165, 1.54) is 38.9 Å². The molecule has 12 rings (SSSR count). The maximum absolute atomic E-state index is 17.7. The van der Waals surface area contributed by atoms with Gasteiger partial charge in [0.2, 0.25) is 5.91 Å². The van der Waals surface area contributed by atoms with E-state index in [2.05, 4.69) is 25.9 Å². The van der Waals surface area contributed by atoms with Gasteiger partial charge in [-0.25, -0.2) is 18.4 Å². The molecule has 7 fully saturated rings. The number of aromatic nitrogens is 3. The Kier molecular flexibility index (Phi) is 15.7. The zero-order valence-electron chi connectivity index (χ0n) is 48.9. The average molecular weight is 1150 g/mol. The number of imide groups is 1. The van der Waals surface area contributed by atoms with Crippen molar-refractivity contribution in [3.63, 3.8) is 0 Å². The number of likely N-dealkylation sites (tertiary alicyclic amines) is 1. The molecule has 444 valence electrons. The Morgan fingerprint density at radius 3 is 2.26 bits per heavy atom. The lowest BCUT2D eigenvalue weighted by molar-refractivity contribution is -0.120. The van der Waals surface area contributed by atoms with Gasteiger partial charge < -0.3 is 38.5 Å². The van der Waals surface area contributed by atoms with Gasteiger partial charge in [-0.15, -0.1) is 6.42 Å². The number of nitrogens with one attached hydrogen (secondary N) is 1. The number of urea groups is 1. The molecule has 5 aliphatic heterocycles. The van der Waals surface area contributed by atoms with Crippen LogP contribution in [0, 0.1) is 47.6 Å². The van der Waals surface area contributed by atoms with Gasteiger partial charge in [0.15, 0.2) is 12.6 Å². The minimum absolute atomic E-state index is 0.00906.